The number of aryl methyl sites for hydroxylation is 2. The van der Waals surface area contributed by atoms with E-state index in [2.05, 4.69) is 10.2 Å². The second kappa shape index (κ2) is 8.84. The van der Waals surface area contributed by atoms with E-state index in [0.717, 1.165) is 40.5 Å². The van der Waals surface area contributed by atoms with Crippen LogP contribution in [0.25, 0.3) is 0 Å². The average molecular weight is 418 g/mol. The summed E-state index contributed by atoms with van der Waals surface area (Å²) in [6, 6.07) is 13.1. The molecule has 0 saturated carbocycles. The quantitative estimate of drug-likeness (QED) is 0.781. The van der Waals surface area contributed by atoms with Crippen molar-refractivity contribution in [2.45, 2.75) is 13.8 Å². The van der Waals surface area contributed by atoms with Crippen LogP contribution in [0.4, 0.5) is 17.1 Å². The monoisotopic (exact) mass is 417 g/mol. The molecule has 1 heterocycles. The molecule has 0 radical (unpaired) electrons. The SMILES string of the molecule is Cc1ccc(C)c(N(CC(=O)Nc2ccc(N3CCOCC3)cc2)S(C)(=O)=O)c1. The Balaban J connectivity index is 1.71. The van der Waals surface area contributed by atoms with E-state index in [1.807, 2.05) is 50.2 Å². The molecule has 1 aliphatic rings. The lowest BCUT2D eigenvalue weighted by Gasteiger charge is -2.29. The first-order valence-corrected chi connectivity index (χ1v) is 11.4. The van der Waals surface area contributed by atoms with Crippen LogP contribution in [0.2, 0.25) is 0 Å². The Bertz CT molecular complexity index is 968. The highest BCUT2D eigenvalue weighted by Crippen LogP contribution is 2.24. The topological polar surface area (TPSA) is 79.0 Å². The predicted molar refractivity (Wildman–Crippen MR) is 116 cm³/mol. The van der Waals surface area contributed by atoms with Gasteiger partial charge in [-0.05, 0) is 55.3 Å². The second-order valence-corrected chi connectivity index (χ2v) is 9.16. The maximum absolute atomic E-state index is 12.6. The molecular weight excluding hydrogens is 390 g/mol. The molecule has 0 aromatic heterocycles. The number of ether oxygens (including phenoxy) is 1. The minimum atomic E-state index is -3.61. The molecule has 0 unspecified atom stereocenters. The molecule has 1 saturated heterocycles. The van der Waals surface area contributed by atoms with Crippen molar-refractivity contribution in [2.75, 3.05) is 53.6 Å². The van der Waals surface area contributed by atoms with Crippen LogP contribution in [0.5, 0.6) is 0 Å². The van der Waals surface area contributed by atoms with E-state index in [4.69, 9.17) is 4.74 Å². The Morgan fingerprint density at radius 1 is 1.10 bits per heavy atom. The van der Waals surface area contributed by atoms with Gasteiger partial charge in [-0.1, -0.05) is 12.1 Å². The number of rotatable bonds is 6. The molecule has 1 fully saturated rings. The van der Waals surface area contributed by atoms with Crippen molar-refractivity contribution in [3.05, 3.63) is 53.6 Å². The van der Waals surface area contributed by atoms with E-state index in [1.54, 1.807) is 6.07 Å². The van der Waals surface area contributed by atoms with Crippen molar-refractivity contribution in [1.82, 2.24) is 0 Å². The summed E-state index contributed by atoms with van der Waals surface area (Å²) >= 11 is 0. The third kappa shape index (κ3) is 5.48. The summed E-state index contributed by atoms with van der Waals surface area (Å²) in [7, 11) is -3.61. The summed E-state index contributed by atoms with van der Waals surface area (Å²) in [6.07, 6.45) is 1.11. The van der Waals surface area contributed by atoms with Gasteiger partial charge in [0.05, 0.1) is 25.2 Å². The van der Waals surface area contributed by atoms with Gasteiger partial charge in [0.2, 0.25) is 15.9 Å². The number of nitrogens with one attached hydrogen (secondary N) is 1. The van der Waals surface area contributed by atoms with Crippen LogP contribution in [0.1, 0.15) is 11.1 Å². The largest absolute Gasteiger partial charge is 0.378 e. The number of anilines is 3. The van der Waals surface area contributed by atoms with Gasteiger partial charge >= 0.3 is 0 Å². The Kier molecular flexibility index (Phi) is 6.44. The van der Waals surface area contributed by atoms with Gasteiger partial charge in [-0.2, -0.15) is 0 Å². The number of carbonyl (C=O) groups is 1. The van der Waals surface area contributed by atoms with Gasteiger partial charge in [0.1, 0.15) is 6.54 Å². The molecule has 1 N–H and O–H groups in total. The first-order valence-electron chi connectivity index (χ1n) is 9.51. The molecule has 29 heavy (non-hydrogen) atoms. The molecule has 8 heteroatoms. The lowest BCUT2D eigenvalue weighted by Crippen LogP contribution is -2.38. The summed E-state index contributed by atoms with van der Waals surface area (Å²) in [4.78, 5) is 14.8. The Labute approximate surface area is 172 Å². The van der Waals surface area contributed by atoms with Crippen LogP contribution in [-0.2, 0) is 19.6 Å². The van der Waals surface area contributed by atoms with Crippen LogP contribution < -0.4 is 14.5 Å². The zero-order chi connectivity index (χ0) is 21.0. The minimum Gasteiger partial charge on any atom is -0.378 e. The summed E-state index contributed by atoms with van der Waals surface area (Å²) in [5, 5.41) is 2.79. The highest BCUT2D eigenvalue weighted by molar-refractivity contribution is 7.92. The molecule has 0 aliphatic carbocycles. The van der Waals surface area contributed by atoms with E-state index in [-0.39, 0.29) is 6.54 Å². The van der Waals surface area contributed by atoms with E-state index in [0.29, 0.717) is 24.6 Å². The van der Waals surface area contributed by atoms with Crippen LogP contribution >= 0.6 is 0 Å². The number of benzene rings is 2. The number of nitrogens with zero attached hydrogens (tertiary/aromatic N) is 2. The van der Waals surface area contributed by atoms with E-state index in [1.165, 1.54) is 0 Å². The number of hydrogen-bond acceptors (Lipinski definition) is 5. The molecule has 7 nitrogen and oxygen atoms in total. The van der Waals surface area contributed by atoms with Gasteiger partial charge in [0.25, 0.3) is 0 Å². The normalized spacial score (nSPS) is 14.5. The van der Waals surface area contributed by atoms with Crippen molar-refractivity contribution in [3.63, 3.8) is 0 Å². The number of sulfonamides is 1. The summed E-state index contributed by atoms with van der Waals surface area (Å²) in [5.41, 5.74) is 3.94. The van der Waals surface area contributed by atoms with Crippen molar-refractivity contribution in [1.29, 1.82) is 0 Å². The minimum absolute atomic E-state index is 0.283. The Hall–Kier alpha value is -2.58. The molecule has 0 atom stereocenters. The fraction of sp³-hybridized carbons (Fsp3) is 0.381. The number of hydrogen-bond donors (Lipinski definition) is 1. The van der Waals surface area contributed by atoms with E-state index >= 15 is 0 Å². The third-order valence-electron chi connectivity index (χ3n) is 4.85. The predicted octanol–water partition coefficient (Wildman–Crippen LogP) is 2.54. The van der Waals surface area contributed by atoms with E-state index < -0.39 is 15.9 Å². The maximum Gasteiger partial charge on any atom is 0.245 e. The fourth-order valence-electron chi connectivity index (χ4n) is 3.28. The third-order valence-corrected chi connectivity index (χ3v) is 5.97. The standard InChI is InChI=1S/C21H27N3O4S/c1-16-4-5-17(2)20(14-16)24(29(3,26)27)15-21(25)22-18-6-8-19(9-7-18)23-10-12-28-13-11-23/h4-9,14H,10-13,15H2,1-3H3,(H,22,25). The summed E-state index contributed by atoms with van der Waals surface area (Å²) in [5.74, 6) is -0.393. The summed E-state index contributed by atoms with van der Waals surface area (Å²) < 4.78 is 31.2. The smallest absolute Gasteiger partial charge is 0.245 e. The molecule has 0 spiro atoms. The van der Waals surface area contributed by atoms with Gasteiger partial charge in [-0.15, -0.1) is 0 Å². The van der Waals surface area contributed by atoms with Crippen molar-refractivity contribution in [3.8, 4) is 0 Å². The highest BCUT2D eigenvalue weighted by Gasteiger charge is 2.22. The summed E-state index contributed by atoms with van der Waals surface area (Å²) in [6.45, 7) is 6.52. The molecule has 2 aromatic carbocycles. The highest BCUT2D eigenvalue weighted by atomic mass is 32.2. The first-order chi connectivity index (χ1) is 13.7. The van der Waals surface area contributed by atoms with Crippen LogP contribution in [0.15, 0.2) is 42.5 Å². The van der Waals surface area contributed by atoms with Crippen LogP contribution in [0.3, 0.4) is 0 Å². The van der Waals surface area contributed by atoms with Gasteiger partial charge < -0.3 is 15.0 Å². The molecule has 1 amide bonds. The Morgan fingerprint density at radius 2 is 1.76 bits per heavy atom. The van der Waals surface area contributed by atoms with Gasteiger partial charge in [-0.25, -0.2) is 8.42 Å². The number of amides is 1. The molecule has 1 aliphatic heterocycles. The molecule has 156 valence electrons. The van der Waals surface area contributed by atoms with Crippen molar-refractivity contribution >= 4 is 33.0 Å². The van der Waals surface area contributed by atoms with Crippen LogP contribution in [0, 0.1) is 13.8 Å². The average Bonchev–Trinajstić information content (AvgIpc) is 2.68. The first kappa shape index (κ1) is 21.1. The molecule has 2 aromatic rings. The van der Waals surface area contributed by atoms with Gasteiger partial charge in [0, 0.05) is 24.5 Å². The Morgan fingerprint density at radius 3 is 2.38 bits per heavy atom. The lowest BCUT2D eigenvalue weighted by atomic mass is 10.1. The molecular formula is C21H27N3O4S. The maximum atomic E-state index is 12.6. The van der Waals surface area contributed by atoms with E-state index in [9.17, 15) is 13.2 Å². The lowest BCUT2D eigenvalue weighted by molar-refractivity contribution is -0.114. The zero-order valence-corrected chi connectivity index (χ0v) is 17.8. The van der Waals surface area contributed by atoms with Gasteiger partial charge in [0.15, 0.2) is 0 Å². The second-order valence-electron chi connectivity index (χ2n) is 7.25. The molecule has 3 rings (SSSR count). The molecule has 0 bridgehead atoms. The van der Waals surface area contributed by atoms with Crippen LogP contribution in [-0.4, -0.2) is 53.4 Å². The fourth-order valence-corrected chi connectivity index (χ4v) is 4.18. The number of morpholine rings is 1. The number of carbonyl (C=O) groups excluding carboxylic acids is 1. The van der Waals surface area contributed by atoms with Crippen molar-refractivity contribution in [2.24, 2.45) is 0 Å². The van der Waals surface area contributed by atoms with Crippen molar-refractivity contribution < 1.29 is 17.9 Å². The van der Waals surface area contributed by atoms with Gasteiger partial charge in [-0.3, -0.25) is 9.10 Å². The zero-order valence-electron chi connectivity index (χ0n) is 17.0.